The second kappa shape index (κ2) is 4.41. The summed E-state index contributed by atoms with van der Waals surface area (Å²) in [7, 11) is 0. The Morgan fingerprint density at radius 1 is 1.60 bits per heavy atom. The molecule has 6 heteroatoms. The Balaban J connectivity index is 2.13. The molecule has 0 atom stereocenters. The second-order valence-electron chi connectivity index (χ2n) is 3.42. The summed E-state index contributed by atoms with van der Waals surface area (Å²) >= 11 is 5.67. The van der Waals surface area contributed by atoms with Crippen molar-refractivity contribution in [1.29, 1.82) is 5.26 Å². The van der Waals surface area contributed by atoms with E-state index in [-0.39, 0.29) is 5.28 Å². The highest BCUT2D eigenvalue weighted by Gasteiger charge is 2.30. The fourth-order valence-electron chi connectivity index (χ4n) is 1.45. The second-order valence-corrected chi connectivity index (χ2v) is 3.75. The summed E-state index contributed by atoms with van der Waals surface area (Å²) < 4.78 is 0. The van der Waals surface area contributed by atoms with Crippen LogP contribution in [0.4, 0.5) is 5.82 Å². The first-order valence-corrected chi connectivity index (χ1v) is 5.18. The maximum Gasteiger partial charge on any atom is 0.244 e. The molecule has 1 fully saturated rings. The van der Waals surface area contributed by atoms with Gasteiger partial charge < -0.3 is 4.90 Å². The molecule has 0 aromatic carbocycles. The van der Waals surface area contributed by atoms with Gasteiger partial charge in [-0.15, -0.1) is 5.10 Å². The molecule has 2 rings (SSSR count). The van der Waals surface area contributed by atoms with Gasteiger partial charge in [-0.2, -0.15) is 15.3 Å². The lowest BCUT2D eigenvalue weighted by molar-refractivity contribution is 0.765. The Labute approximate surface area is 92.7 Å². The van der Waals surface area contributed by atoms with E-state index in [9.17, 15) is 0 Å². The predicted octanol–water partition coefficient (Wildman–Crippen LogP) is 1.41. The van der Waals surface area contributed by atoms with E-state index in [1.54, 1.807) is 6.20 Å². The number of hydrogen-bond acceptors (Lipinski definition) is 5. The summed E-state index contributed by atoms with van der Waals surface area (Å²) in [6.45, 7) is 0.677. The fraction of sp³-hybridized carbons (Fsp3) is 0.556. The summed E-state index contributed by atoms with van der Waals surface area (Å²) in [5.74, 6) is 0.716. The molecule has 0 saturated heterocycles. The normalized spacial score (nSPS) is 14.7. The number of rotatable bonds is 4. The first-order chi connectivity index (χ1) is 7.31. The van der Waals surface area contributed by atoms with Crippen molar-refractivity contribution in [2.24, 2.45) is 0 Å². The number of aromatic nitrogens is 3. The van der Waals surface area contributed by atoms with Gasteiger partial charge in [-0.1, -0.05) is 0 Å². The Morgan fingerprint density at radius 2 is 2.40 bits per heavy atom. The Bertz CT molecular complexity index is 384. The molecule has 0 N–H and O–H groups in total. The molecule has 78 valence electrons. The van der Waals surface area contributed by atoms with Crippen molar-refractivity contribution in [2.75, 3.05) is 11.4 Å². The molecule has 0 unspecified atom stereocenters. The largest absolute Gasteiger partial charge is 0.351 e. The van der Waals surface area contributed by atoms with Crippen LogP contribution in [-0.2, 0) is 0 Å². The number of hydrogen-bond donors (Lipinski definition) is 0. The van der Waals surface area contributed by atoms with E-state index >= 15 is 0 Å². The van der Waals surface area contributed by atoms with Crippen LogP contribution in [0.1, 0.15) is 19.3 Å². The molecule has 1 aliphatic rings. The van der Waals surface area contributed by atoms with E-state index < -0.39 is 0 Å². The number of halogens is 1. The van der Waals surface area contributed by atoms with Crippen LogP contribution in [0.15, 0.2) is 6.20 Å². The number of anilines is 1. The molecule has 0 spiro atoms. The summed E-state index contributed by atoms with van der Waals surface area (Å²) in [6.07, 6.45) is 4.36. The van der Waals surface area contributed by atoms with Crippen molar-refractivity contribution < 1.29 is 0 Å². The van der Waals surface area contributed by atoms with Gasteiger partial charge in [0.2, 0.25) is 5.28 Å². The van der Waals surface area contributed by atoms with Crippen LogP contribution >= 0.6 is 11.6 Å². The van der Waals surface area contributed by atoms with E-state index in [2.05, 4.69) is 26.2 Å². The maximum atomic E-state index is 8.57. The summed E-state index contributed by atoms with van der Waals surface area (Å²) in [6, 6.07) is 2.62. The van der Waals surface area contributed by atoms with Crippen LogP contribution in [0.3, 0.4) is 0 Å². The molecule has 5 nitrogen and oxygen atoms in total. The third kappa shape index (κ3) is 2.54. The standard InChI is InChI=1S/C9H10ClN5/c10-9-13-8(6-12-14-9)15(5-1-4-11)7-2-3-7/h6-7H,1-3,5H2. The smallest absolute Gasteiger partial charge is 0.244 e. The van der Waals surface area contributed by atoms with Crippen molar-refractivity contribution in [3.63, 3.8) is 0 Å². The average molecular weight is 224 g/mol. The third-order valence-corrected chi connectivity index (χ3v) is 2.43. The summed E-state index contributed by atoms with van der Waals surface area (Å²) in [5.41, 5.74) is 0. The van der Waals surface area contributed by atoms with Crippen LogP contribution in [0.25, 0.3) is 0 Å². The van der Waals surface area contributed by atoms with Crippen LogP contribution in [-0.4, -0.2) is 27.8 Å². The van der Waals surface area contributed by atoms with E-state index in [0.717, 1.165) is 12.8 Å². The van der Waals surface area contributed by atoms with Crippen molar-refractivity contribution in [3.05, 3.63) is 11.5 Å². The molecule has 0 bridgehead atoms. The van der Waals surface area contributed by atoms with E-state index in [1.807, 2.05) is 0 Å². The molecule has 15 heavy (non-hydrogen) atoms. The first kappa shape index (κ1) is 10.1. The van der Waals surface area contributed by atoms with E-state index in [0.29, 0.717) is 24.8 Å². The fourth-order valence-corrected chi connectivity index (χ4v) is 1.58. The SMILES string of the molecule is N#CCCN(c1cnnc(Cl)n1)C1CC1. The Kier molecular flexibility index (Phi) is 2.97. The Morgan fingerprint density at radius 3 is 3.00 bits per heavy atom. The lowest BCUT2D eigenvalue weighted by atomic mass is 10.4. The zero-order chi connectivity index (χ0) is 10.7. The van der Waals surface area contributed by atoms with Crippen molar-refractivity contribution in [1.82, 2.24) is 15.2 Å². The molecule has 0 radical (unpaired) electrons. The first-order valence-electron chi connectivity index (χ1n) is 4.80. The highest BCUT2D eigenvalue weighted by atomic mass is 35.5. The minimum atomic E-state index is 0.148. The highest BCUT2D eigenvalue weighted by Crippen LogP contribution is 2.30. The minimum Gasteiger partial charge on any atom is -0.351 e. The molecule has 0 amide bonds. The lowest BCUT2D eigenvalue weighted by Crippen LogP contribution is -2.27. The highest BCUT2D eigenvalue weighted by molar-refractivity contribution is 6.28. The molecule has 1 aromatic rings. The zero-order valence-electron chi connectivity index (χ0n) is 8.10. The van der Waals surface area contributed by atoms with E-state index in [4.69, 9.17) is 16.9 Å². The average Bonchev–Trinajstić information content (AvgIpc) is 3.03. The van der Waals surface area contributed by atoms with Crippen LogP contribution in [0.2, 0.25) is 5.28 Å². The predicted molar refractivity (Wildman–Crippen MR) is 55.4 cm³/mol. The topological polar surface area (TPSA) is 65.7 Å². The van der Waals surface area contributed by atoms with Gasteiger partial charge in [0.05, 0.1) is 18.7 Å². The van der Waals surface area contributed by atoms with Crippen molar-refractivity contribution in [2.45, 2.75) is 25.3 Å². The van der Waals surface area contributed by atoms with Crippen LogP contribution < -0.4 is 4.90 Å². The lowest BCUT2D eigenvalue weighted by Gasteiger charge is -2.21. The maximum absolute atomic E-state index is 8.57. The molecular weight excluding hydrogens is 214 g/mol. The molecule has 0 aliphatic heterocycles. The quantitative estimate of drug-likeness (QED) is 0.772. The summed E-state index contributed by atoms with van der Waals surface area (Å²) in [5, 5.41) is 16.1. The molecule has 1 saturated carbocycles. The molecule has 1 heterocycles. The van der Waals surface area contributed by atoms with Gasteiger partial charge in [-0.05, 0) is 24.4 Å². The van der Waals surface area contributed by atoms with Gasteiger partial charge >= 0.3 is 0 Å². The van der Waals surface area contributed by atoms with Crippen LogP contribution in [0.5, 0.6) is 0 Å². The monoisotopic (exact) mass is 223 g/mol. The van der Waals surface area contributed by atoms with Crippen molar-refractivity contribution in [3.8, 4) is 6.07 Å². The van der Waals surface area contributed by atoms with Crippen LogP contribution in [0, 0.1) is 11.3 Å². The van der Waals surface area contributed by atoms with Gasteiger partial charge in [0.1, 0.15) is 0 Å². The minimum absolute atomic E-state index is 0.148. The number of nitrogens with zero attached hydrogens (tertiary/aromatic N) is 5. The van der Waals surface area contributed by atoms with E-state index in [1.165, 1.54) is 0 Å². The third-order valence-electron chi connectivity index (χ3n) is 2.27. The number of nitriles is 1. The zero-order valence-corrected chi connectivity index (χ0v) is 8.85. The van der Waals surface area contributed by atoms with Crippen molar-refractivity contribution >= 4 is 17.4 Å². The molecule has 1 aromatic heterocycles. The van der Waals surface area contributed by atoms with Gasteiger partial charge in [-0.25, -0.2) is 0 Å². The Hall–Kier alpha value is -1.41. The van der Waals surface area contributed by atoms with Gasteiger partial charge in [0.25, 0.3) is 0 Å². The van der Waals surface area contributed by atoms with Gasteiger partial charge in [-0.3, -0.25) is 0 Å². The van der Waals surface area contributed by atoms with Gasteiger partial charge in [0, 0.05) is 12.6 Å². The van der Waals surface area contributed by atoms with Gasteiger partial charge in [0.15, 0.2) is 5.82 Å². The summed E-state index contributed by atoms with van der Waals surface area (Å²) in [4.78, 5) is 6.17. The molecular formula is C9H10ClN5. The molecule has 1 aliphatic carbocycles.